The number of nitrogens with one attached hydrogen (secondary N) is 1. The molecule has 0 radical (unpaired) electrons. The molecule has 0 bridgehead atoms. The van der Waals surface area contributed by atoms with Crippen molar-refractivity contribution in [2.75, 3.05) is 42.9 Å². The Hall–Kier alpha value is -2.57. The molecule has 1 amide bonds. The number of hydrogen-bond donors (Lipinski definition) is 1. The molecule has 2 aliphatic rings. The summed E-state index contributed by atoms with van der Waals surface area (Å²) in [6.45, 7) is 9.21. The van der Waals surface area contributed by atoms with E-state index in [2.05, 4.69) is 46.3 Å². The number of anilines is 2. The van der Waals surface area contributed by atoms with Crippen LogP contribution in [0.25, 0.3) is 11.0 Å². The lowest BCUT2D eigenvalue weighted by Crippen LogP contribution is -2.46. The number of para-hydroxylation sites is 1. The quantitative estimate of drug-likeness (QED) is 0.599. The van der Waals surface area contributed by atoms with Crippen molar-refractivity contribution in [3.8, 4) is 0 Å². The van der Waals surface area contributed by atoms with E-state index in [0.717, 1.165) is 73.1 Å². The number of carbonyl (C=O) groups excluding carboxylic acids is 1. The van der Waals surface area contributed by atoms with Crippen LogP contribution in [0.2, 0.25) is 5.02 Å². The van der Waals surface area contributed by atoms with Gasteiger partial charge in [-0.25, -0.2) is 0 Å². The maximum absolute atomic E-state index is 12.0. The SMILES string of the molecule is CC1(C)CC(=O)Nc2cc(Cl)c(CCCN3CCN(c4noc5ccccc45)CC3)cc21. The molecule has 1 fully saturated rings. The predicted molar refractivity (Wildman–Crippen MR) is 129 cm³/mol. The van der Waals surface area contributed by atoms with Crippen molar-refractivity contribution in [3.05, 3.63) is 52.5 Å². The zero-order chi connectivity index (χ0) is 22.3. The lowest BCUT2D eigenvalue weighted by Gasteiger charge is -2.35. The molecular formula is C25H29ClN4O2. The average Bonchev–Trinajstić information content (AvgIpc) is 3.18. The number of piperazine rings is 1. The van der Waals surface area contributed by atoms with Gasteiger partial charge in [-0.2, -0.15) is 0 Å². The molecule has 6 nitrogen and oxygen atoms in total. The van der Waals surface area contributed by atoms with Crippen LogP contribution in [0.4, 0.5) is 11.5 Å². The van der Waals surface area contributed by atoms with E-state index < -0.39 is 0 Å². The number of hydrogen-bond acceptors (Lipinski definition) is 5. The first-order valence-corrected chi connectivity index (χ1v) is 11.7. The molecule has 0 spiro atoms. The zero-order valence-electron chi connectivity index (χ0n) is 18.7. The van der Waals surface area contributed by atoms with Crippen LogP contribution < -0.4 is 10.2 Å². The van der Waals surface area contributed by atoms with Gasteiger partial charge in [-0.15, -0.1) is 0 Å². The fraction of sp³-hybridized carbons (Fsp3) is 0.440. The number of aromatic nitrogens is 1. The van der Waals surface area contributed by atoms with Gasteiger partial charge in [0.2, 0.25) is 5.91 Å². The fourth-order valence-corrected chi connectivity index (χ4v) is 5.20. The Morgan fingerprint density at radius 2 is 1.94 bits per heavy atom. The zero-order valence-corrected chi connectivity index (χ0v) is 19.4. The summed E-state index contributed by atoms with van der Waals surface area (Å²) in [7, 11) is 0. The van der Waals surface area contributed by atoms with Crippen LogP contribution >= 0.6 is 11.6 Å². The van der Waals surface area contributed by atoms with Crippen LogP contribution in [-0.2, 0) is 16.6 Å². The van der Waals surface area contributed by atoms with Crippen molar-refractivity contribution >= 4 is 40.0 Å². The number of amides is 1. The molecule has 3 heterocycles. The van der Waals surface area contributed by atoms with Gasteiger partial charge in [0.15, 0.2) is 11.4 Å². The van der Waals surface area contributed by atoms with Crippen LogP contribution in [0.3, 0.4) is 0 Å². The Labute approximate surface area is 193 Å². The van der Waals surface area contributed by atoms with E-state index in [9.17, 15) is 4.79 Å². The smallest absolute Gasteiger partial charge is 0.225 e. The van der Waals surface area contributed by atoms with Gasteiger partial charge in [0.05, 0.1) is 5.39 Å². The third-order valence-electron chi connectivity index (χ3n) is 6.74. The van der Waals surface area contributed by atoms with Gasteiger partial charge in [0, 0.05) is 48.7 Å². The number of rotatable bonds is 5. The molecule has 5 rings (SSSR count). The Bertz CT molecular complexity index is 1150. The minimum absolute atomic E-state index is 0.0593. The second kappa shape index (κ2) is 8.41. The van der Waals surface area contributed by atoms with Gasteiger partial charge in [-0.1, -0.05) is 48.8 Å². The number of aryl methyl sites for hydroxylation is 1. The van der Waals surface area contributed by atoms with Crippen LogP contribution in [0.15, 0.2) is 40.9 Å². The summed E-state index contributed by atoms with van der Waals surface area (Å²) in [5.74, 6) is 1.01. The molecule has 3 aromatic rings. The molecule has 0 saturated carbocycles. The van der Waals surface area contributed by atoms with E-state index >= 15 is 0 Å². The molecule has 0 atom stereocenters. The monoisotopic (exact) mass is 452 g/mol. The molecule has 32 heavy (non-hydrogen) atoms. The highest BCUT2D eigenvalue weighted by atomic mass is 35.5. The molecule has 7 heteroatoms. The largest absolute Gasteiger partial charge is 0.354 e. The van der Waals surface area contributed by atoms with E-state index in [1.165, 1.54) is 11.1 Å². The summed E-state index contributed by atoms with van der Waals surface area (Å²) < 4.78 is 5.47. The van der Waals surface area contributed by atoms with E-state index in [-0.39, 0.29) is 11.3 Å². The molecule has 168 valence electrons. The van der Waals surface area contributed by atoms with Gasteiger partial charge in [0.1, 0.15) is 0 Å². The second-order valence-electron chi connectivity index (χ2n) is 9.53. The second-order valence-corrected chi connectivity index (χ2v) is 9.94. The van der Waals surface area contributed by atoms with Crippen molar-refractivity contribution in [1.82, 2.24) is 10.1 Å². The van der Waals surface area contributed by atoms with Gasteiger partial charge in [-0.05, 0) is 48.7 Å². The van der Waals surface area contributed by atoms with Crippen LogP contribution in [0.1, 0.15) is 37.8 Å². The number of fused-ring (bicyclic) bond motifs is 2. The maximum Gasteiger partial charge on any atom is 0.225 e. The van der Waals surface area contributed by atoms with Crippen molar-refractivity contribution in [1.29, 1.82) is 0 Å². The first kappa shape index (κ1) is 21.3. The molecule has 0 aliphatic carbocycles. The maximum atomic E-state index is 12.0. The van der Waals surface area contributed by atoms with Gasteiger partial charge in [-0.3, -0.25) is 9.69 Å². The minimum Gasteiger partial charge on any atom is -0.354 e. The molecule has 1 saturated heterocycles. The highest BCUT2D eigenvalue weighted by molar-refractivity contribution is 6.31. The molecule has 2 aromatic carbocycles. The summed E-state index contributed by atoms with van der Waals surface area (Å²) in [6.07, 6.45) is 2.49. The van der Waals surface area contributed by atoms with E-state index in [1.807, 2.05) is 24.3 Å². The summed E-state index contributed by atoms with van der Waals surface area (Å²) in [5.41, 5.74) is 3.89. The topological polar surface area (TPSA) is 61.6 Å². The molecular weight excluding hydrogens is 424 g/mol. The van der Waals surface area contributed by atoms with Crippen LogP contribution in [-0.4, -0.2) is 48.7 Å². The lowest BCUT2D eigenvalue weighted by atomic mass is 9.77. The Morgan fingerprint density at radius 1 is 1.16 bits per heavy atom. The number of nitrogens with zero attached hydrogens (tertiary/aromatic N) is 3. The van der Waals surface area contributed by atoms with Gasteiger partial charge < -0.3 is 14.7 Å². The third-order valence-corrected chi connectivity index (χ3v) is 7.09. The van der Waals surface area contributed by atoms with E-state index in [4.69, 9.17) is 16.1 Å². The van der Waals surface area contributed by atoms with E-state index in [0.29, 0.717) is 6.42 Å². The van der Waals surface area contributed by atoms with Crippen molar-refractivity contribution in [3.63, 3.8) is 0 Å². The number of carbonyl (C=O) groups is 1. The van der Waals surface area contributed by atoms with E-state index in [1.54, 1.807) is 0 Å². The van der Waals surface area contributed by atoms with Crippen LogP contribution in [0, 0.1) is 0 Å². The fourth-order valence-electron chi connectivity index (χ4n) is 4.94. The van der Waals surface area contributed by atoms with Crippen molar-refractivity contribution < 1.29 is 9.32 Å². The van der Waals surface area contributed by atoms with Crippen molar-refractivity contribution in [2.45, 2.75) is 38.5 Å². The summed E-state index contributed by atoms with van der Waals surface area (Å²) >= 11 is 6.56. The van der Waals surface area contributed by atoms with Gasteiger partial charge >= 0.3 is 0 Å². The minimum atomic E-state index is -0.168. The highest BCUT2D eigenvalue weighted by Crippen LogP contribution is 2.40. The first-order chi connectivity index (χ1) is 15.4. The highest BCUT2D eigenvalue weighted by Gasteiger charge is 2.32. The standard InChI is InChI=1S/C25H29ClN4O2/c1-25(2)16-23(31)27-21-15-20(26)17(14-19(21)25)6-5-9-29-10-12-30(13-11-29)24-18-7-3-4-8-22(18)32-28-24/h3-4,7-8,14-15H,5-6,9-13,16H2,1-2H3,(H,27,31). The summed E-state index contributed by atoms with van der Waals surface area (Å²) in [6, 6.07) is 12.2. The third kappa shape index (κ3) is 4.09. The molecule has 1 N–H and O–H groups in total. The average molecular weight is 453 g/mol. The predicted octanol–water partition coefficient (Wildman–Crippen LogP) is 4.86. The number of halogens is 1. The van der Waals surface area contributed by atoms with Crippen LogP contribution in [0.5, 0.6) is 0 Å². The first-order valence-electron chi connectivity index (χ1n) is 11.4. The number of benzene rings is 2. The lowest BCUT2D eigenvalue weighted by molar-refractivity contribution is -0.117. The van der Waals surface area contributed by atoms with Gasteiger partial charge in [0.25, 0.3) is 0 Å². The molecule has 2 aliphatic heterocycles. The molecule has 1 aromatic heterocycles. The summed E-state index contributed by atoms with van der Waals surface area (Å²) in [4.78, 5) is 16.8. The summed E-state index contributed by atoms with van der Waals surface area (Å²) in [5, 5.41) is 9.09. The Balaban J connectivity index is 1.17. The van der Waals surface area contributed by atoms with Crippen molar-refractivity contribution in [2.24, 2.45) is 0 Å². The Morgan fingerprint density at radius 3 is 2.75 bits per heavy atom. The molecule has 0 unspecified atom stereocenters. The Kier molecular flexibility index (Phi) is 5.59. The normalized spacial score (nSPS) is 18.6.